The quantitative estimate of drug-likeness (QED) is 0.716. The van der Waals surface area contributed by atoms with Gasteiger partial charge in [0.05, 0.1) is 7.11 Å². The predicted molar refractivity (Wildman–Crippen MR) is 62.6 cm³/mol. The summed E-state index contributed by atoms with van der Waals surface area (Å²) in [5, 5.41) is 13.2. The second kappa shape index (κ2) is 5.80. The smallest absolute Gasteiger partial charge is 0.325 e. The van der Waals surface area contributed by atoms with Crippen molar-refractivity contribution in [2.45, 2.75) is 19.9 Å². The van der Waals surface area contributed by atoms with Gasteiger partial charge in [0.15, 0.2) is 0 Å². The van der Waals surface area contributed by atoms with Gasteiger partial charge in [-0.1, -0.05) is 0 Å². The van der Waals surface area contributed by atoms with Crippen LogP contribution in [0.1, 0.15) is 12.6 Å². The molecule has 0 aromatic carbocycles. The maximum Gasteiger partial charge on any atom is 0.325 e. The van der Waals surface area contributed by atoms with Gasteiger partial charge < -0.3 is 15.2 Å². The summed E-state index contributed by atoms with van der Waals surface area (Å²) in [5.74, 6) is -0.779. The summed E-state index contributed by atoms with van der Waals surface area (Å²) in [6, 6.07) is -0.0996. The molecule has 1 atom stereocenters. The van der Waals surface area contributed by atoms with Crippen LogP contribution in [0.3, 0.4) is 0 Å². The lowest BCUT2D eigenvalue weighted by molar-refractivity contribution is -0.138. The van der Waals surface area contributed by atoms with E-state index in [2.05, 4.69) is 20.6 Å². The van der Waals surface area contributed by atoms with E-state index in [9.17, 15) is 9.59 Å². The number of carbonyl (C=O) groups is 2. The Hall–Kier alpha value is -2.38. The molecule has 2 amide bonds. The third kappa shape index (κ3) is 3.89. The van der Waals surface area contributed by atoms with Gasteiger partial charge >= 0.3 is 12.0 Å². The van der Waals surface area contributed by atoms with Crippen LogP contribution in [0.15, 0.2) is 6.07 Å². The van der Waals surface area contributed by atoms with Crippen LogP contribution < -0.4 is 15.4 Å². The Kier molecular flexibility index (Phi) is 4.41. The molecule has 1 rings (SSSR count). The highest BCUT2D eigenvalue weighted by Gasteiger charge is 2.14. The van der Waals surface area contributed by atoms with Crippen molar-refractivity contribution >= 4 is 17.9 Å². The lowest BCUT2D eigenvalue weighted by Gasteiger charge is -2.10. The zero-order chi connectivity index (χ0) is 13.7. The van der Waals surface area contributed by atoms with Crippen molar-refractivity contribution in [2.24, 2.45) is 0 Å². The molecule has 3 N–H and O–H groups in total. The first-order valence-corrected chi connectivity index (χ1v) is 5.12. The SMILES string of the molecule is COc1cc(C)nc(NC(=O)NC(C)C(=O)O)n1. The highest BCUT2D eigenvalue weighted by Crippen LogP contribution is 2.10. The van der Waals surface area contributed by atoms with Crippen LogP contribution in [0.2, 0.25) is 0 Å². The van der Waals surface area contributed by atoms with Gasteiger partial charge in [0.2, 0.25) is 11.8 Å². The fourth-order valence-electron chi connectivity index (χ4n) is 1.10. The third-order valence-electron chi connectivity index (χ3n) is 1.98. The molecule has 0 saturated carbocycles. The second-order valence-electron chi connectivity index (χ2n) is 3.53. The summed E-state index contributed by atoms with van der Waals surface area (Å²) < 4.78 is 4.92. The van der Waals surface area contributed by atoms with Gasteiger partial charge in [-0.2, -0.15) is 4.98 Å². The molecule has 1 unspecified atom stereocenters. The van der Waals surface area contributed by atoms with Crippen LogP contribution in [0, 0.1) is 6.92 Å². The van der Waals surface area contributed by atoms with E-state index >= 15 is 0 Å². The zero-order valence-corrected chi connectivity index (χ0v) is 10.2. The molecule has 0 spiro atoms. The molecule has 0 bridgehead atoms. The fourth-order valence-corrected chi connectivity index (χ4v) is 1.10. The molecule has 1 aromatic heterocycles. The van der Waals surface area contributed by atoms with Crippen LogP contribution in [-0.4, -0.2) is 40.2 Å². The van der Waals surface area contributed by atoms with E-state index in [1.54, 1.807) is 13.0 Å². The maximum atomic E-state index is 11.4. The Morgan fingerprint density at radius 2 is 2.11 bits per heavy atom. The minimum Gasteiger partial charge on any atom is -0.481 e. The second-order valence-corrected chi connectivity index (χ2v) is 3.53. The zero-order valence-electron chi connectivity index (χ0n) is 10.2. The Balaban J connectivity index is 2.70. The summed E-state index contributed by atoms with van der Waals surface area (Å²) in [5.41, 5.74) is 0.614. The minimum atomic E-state index is -1.13. The summed E-state index contributed by atoms with van der Waals surface area (Å²) in [6.07, 6.45) is 0. The number of methoxy groups -OCH3 is 1. The number of carboxylic acid groups (broad SMARTS) is 1. The number of aliphatic carboxylic acids is 1. The molecule has 18 heavy (non-hydrogen) atoms. The van der Waals surface area contributed by atoms with Gasteiger partial charge in [-0.15, -0.1) is 0 Å². The van der Waals surface area contributed by atoms with Gasteiger partial charge in [0.1, 0.15) is 6.04 Å². The lowest BCUT2D eigenvalue weighted by Crippen LogP contribution is -2.41. The lowest BCUT2D eigenvalue weighted by atomic mass is 10.3. The van der Waals surface area contributed by atoms with Gasteiger partial charge in [-0.05, 0) is 13.8 Å². The molecular formula is C10H14N4O4. The molecule has 8 nitrogen and oxygen atoms in total. The van der Waals surface area contributed by atoms with Gasteiger partial charge in [-0.25, -0.2) is 9.78 Å². The summed E-state index contributed by atoms with van der Waals surface area (Å²) in [7, 11) is 1.44. The van der Waals surface area contributed by atoms with E-state index in [1.165, 1.54) is 14.0 Å². The number of amides is 2. The van der Waals surface area contributed by atoms with Crippen molar-refractivity contribution in [1.82, 2.24) is 15.3 Å². The number of aromatic nitrogens is 2. The van der Waals surface area contributed by atoms with Crippen molar-refractivity contribution in [3.05, 3.63) is 11.8 Å². The van der Waals surface area contributed by atoms with Crippen LogP contribution in [0.5, 0.6) is 5.88 Å². The summed E-state index contributed by atoms with van der Waals surface area (Å²) >= 11 is 0. The van der Waals surface area contributed by atoms with Gasteiger partial charge in [0.25, 0.3) is 0 Å². The Morgan fingerprint density at radius 1 is 1.44 bits per heavy atom. The van der Waals surface area contributed by atoms with Crippen molar-refractivity contribution in [3.8, 4) is 5.88 Å². The maximum absolute atomic E-state index is 11.4. The molecule has 98 valence electrons. The molecule has 0 radical (unpaired) electrons. The van der Waals surface area contributed by atoms with E-state index in [0.29, 0.717) is 11.6 Å². The van der Waals surface area contributed by atoms with E-state index < -0.39 is 18.0 Å². The number of nitrogens with one attached hydrogen (secondary N) is 2. The molecular weight excluding hydrogens is 240 g/mol. The van der Waals surface area contributed by atoms with Gasteiger partial charge in [0, 0.05) is 11.8 Å². The number of carboxylic acids is 1. The van der Waals surface area contributed by atoms with Crippen LogP contribution in [0.4, 0.5) is 10.7 Å². The minimum absolute atomic E-state index is 0.0435. The monoisotopic (exact) mass is 254 g/mol. The van der Waals surface area contributed by atoms with Crippen LogP contribution in [-0.2, 0) is 4.79 Å². The topological polar surface area (TPSA) is 113 Å². The Bertz CT molecular complexity index is 463. The standard InChI is InChI=1S/C10H14N4O4/c1-5-4-7(18-3)13-9(11-5)14-10(17)12-6(2)8(15)16/h4,6H,1-3H3,(H,15,16)(H2,11,12,13,14,17). The molecule has 0 aliphatic carbocycles. The van der Waals surface area contributed by atoms with Crippen molar-refractivity contribution in [2.75, 3.05) is 12.4 Å². The average molecular weight is 254 g/mol. The molecule has 8 heteroatoms. The first-order valence-electron chi connectivity index (χ1n) is 5.12. The van der Waals surface area contributed by atoms with Crippen LogP contribution >= 0.6 is 0 Å². The fraction of sp³-hybridized carbons (Fsp3) is 0.400. The largest absolute Gasteiger partial charge is 0.481 e. The molecule has 0 saturated heterocycles. The van der Waals surface area contributed by atoms with Crippen molar-refractivity contribution in [1.29, 1.82) is 0 Å². The molecule has 1 aromatic rings. The van der Waals surface area contributed by atoms with Gasteiger partial charge in [-0.3, -0.25) is 10.1 Å². The van der Waals surface area contributed by atoms with E-state index in [-0.39, 0.29) is 5.95 Å². The Labute approximate surface area is 103 Å². The number of hydrogen-bond acceptors (Lipinski definition) is 5. The number of urea groups is 1. The molecule has 0 fully saturated rings. The third-order valence-corrected chi connectivity index (χ3v) is 1.98. The number of carbonyl (C=O) groups excluding carboxylic acids is 1. The molecule has 0 aliphatic heterocycles. The van der Waals surface area contributed by atoms with E-state index in [4.69, 9.17) is 9.84 Å². The van der Waals surface area contributed by atoms with Crippen molar-refractivity contribution in [3.63, 3.8) is 0 Å². The van der Waals surface area contributed by atoms with E-state index in [1.807, 2.05) is 0 Å². The highest BCUT2D eigenvalue weighted by atomic mass is 16.5. The first-order chi connectivity index (χ1) is 8.42. The highest BCUT2D eigenvalue weighted by molar-refractivity contribution is 5.90. The average Bonchev–Trinajstić information content (AvgIpc) is 2.27. The summed E-state index contributed by atoms with van der Waals surface area (Å²) in [6.45, 7) is 3.06. The normalized spacial score (nSPS) is 11.5. The number of anilines is 1. The number of aryl methyl sites for hydroxylation is 1. The Morgan fingerprint density at radius 3 is 2.67 bits per heavy atom. The summed E-state index contributed by atoms with van der Waals surface area (Å²) in [4.78, 5) is 29.8. The van der Waals surface area contributed by atoms with E-state index in [0.717, 1.165) is 0 Å². The molecule has 1 heterocycles. The molecule has 0 aliphatic rings. The predicted octanol–water partition coefficient (Wildman–Crippen LogP) is 0.388. The van der Waals surface area contributed by atoms with Crippen molar-refractivity contribution < 1.29 is 19.4 Å². The van der Waals surface area contributed by atoms with Crippen LogP contribution in [0.25, 0.3) is 0 Å². The number of nitrogens with zero attached hydrogens (tertiary/aromatic N) is 2. The number of hydrogen-bond donors (Lipinski definition) is 3. The first kappa shape index (κ1) is 13.7. The number of ether oxygens (including phenoxy) is 1. The number of rotatable bonds is 4.